The Labute approximate surface area is 236 Å². The van der Waals surface area contributed by atoms with Crippen molar-refractivity contribution in [1.29, 1.82) is 0 Å². The lowest BCUT2D eigenvalue weighted by molar-refractivity contribution is -0.158. The largest absolute Gasteiger partial charge is 0.514 e. The Morgan fingerprint density at radius 1 is 0.850 bits per heavy atom. The van der Waals surface area contributed by atoms with Crippen molar-refractivity contribution >= 4 is 24.2 Å². The minimum absolute atomic E-state index is 0.0506. The molecule has 1 aromatic carbocycles. The number of esters is 1. The monoisotopic (exact) mass is 567 g/mol. The second kappa shape index (κ2) is 13.8. The maximum Gasteiger partial charge on any atom is 0.514 e. The number of carbonyl (C=O) groups is 4. The van der Waals surface area contributed by atoms with E-state index < -0.39 is 58.9 Å². The van der Waals surface area contributed by atoms with Crippen LogP contribution in [0.1, 0.15) is 100.0 Å². The summed E-state index contributed by atoms with van der Waals surface area (Å²) in [5.74, 6) is -2.96. The van der Waals surface area contributed by atoms with Crippen molar-refractivity contribution in [2.75, 3.05) is 0 Å². The standard InChI is InChI=1S/C29H45NO10/c1-11-28(7,8)39-25(34)37-20-14-13-18(16-21(20)38-26(35)40-29(9,10)12-2)19(22(30)23(31)32)15-17(3)36-24(33)27(4,5)6/h13-14,16-17,19,22H,11-12,15,30H2,1-10H3,(H,31,32)/t17?,19?,22-/m0/s1. The van der Waals surface area contributed by atoms with Crippen LogP contribution in [0, 0.1) is 5.41 Å². The summed E-state index contributed by atoms with van der Waals surface area (Å²) in [6.45, 7) is 17.3. The summed E-state index contributed by atoms with van der Waals surface area (Å²) in [6, 6.07) is 2.79. The highest BCUT2D eigenvalue weighted by molar-refractivity contribution is 5.76. The average molecular weight is 568 g/mol. The van der Waals surface area contributed by atoms with E-state index in [9.17, 15) is 24.3 Å². The number of aliphatic carboxylic acids is 1. The Balaban J connectivity index is 3.46. The van der Waals surface area contributed by atoms with Crippen LogP contribution in [0.15, 0.2) is 18.2 Å². The molecule has 2 unspecified atom stereocenters. The molecule has 40 heavy (non-hydrogen) atoms. The van der Waals surface area contributed by atoms with E-state index in [-0.39, 0.29) is 17.9 Å². The second-order valence-corrected chi connectivity index (χ2v) is 12.0. The number of benzene rings is 1. The van der Waals surface area contributed by atoms with Crippen molar-refractivity contribution in [1.82, 2.24) is 0 Å². The molecular formula is C29H45NO10. The van der Waals surface area contributed by atoms with Gasteiger partial charge >= 0.3 is 24.2 Å². The molecule has 0 aromatic heterocycles. The quantitative estimate of drug-likeness (QED) is 0.174. The number of carbonyl (C=O) groups excluding carboxylic acids is 3. The molecule has 0 amide bonds. The number of carboxylic acids is 1. The van der Waals surface area contributed by atoms with Gasteiger partial charge in [-0.2, -0.15) is 0 Å². The molecule has 0 aliphatic heterocycles. The summed E-state index contributed by atoms with van der Waals surface area (Å²) in [4.78, 5) is 49.4. The molecule has 226 valence electrons. The molecule has 11 heteroatoms. The zero-order valence-electron chi connectivity index (χ0n) is 25.3. The zero-order valence-corrected chi connectivity index (χ0v) is 25.3. The van der Waals surface area contributed by atoms with Crippen LogP contribution in [-0.2, 0) is 23.8 Å². The van der Waals surface area contributed by atoms with Gasteiger partial charge in [0.15, 0.2) is 11.5 Å². The van der Waals surface area contributed by atoms with Gasteiger partial charge in [-0.15, -0.1) is 0 Å². The lowest BCUT2D eigenvalue weighted by Gasteiger charge is -2.27. The Kier molecular flexibility index (Phi) is 12.0. The van der Waals surface area contributed by atoms with Crippen LogP contribution in [-0.4, -0.2) is 52.7 Å². The Hall–Kier alpha value is -3.34. The molecule has 0 saturated heterocycles. The van der Waals surface area contributed by atoms with Crippen molar-refractivity contribution < 1.29 is 48.0 Å². The molecular weight excluding hydrogens is 522 g/mol. The highest BCUT2D eigenvalue weighted by Crippen LogP contribution is 2.36. The van der Waals surface area contributed by atoms with Gasteiger partial charge < -0.3 is 34.5 Å². The summed E-state index contributed by atoms with van der Waals surface area (Å²) in [6.07, 6.45) is -1.69. The van der Waals surface area contributed by atoms with Gasteiger partial charge in [0.2, 0.25) is 0 Å². The molecule has 3 N–H and O–H groups in total. The van der Waals surface area contributed by atoms with Crippen LogP contribution in [0.4, 0.5) is 9.59 Å². The molecule has 0 radical (unpaired) electrons. The van der Waals surface area contributed by atoms with E-state index >= 15 is 0 Å². The van der Waals surface area contributed by atoms with Gasteiger partial charge in [0.1, 0.15) is 17.2 Å². The van der Waals surface area contributed by atoms with Crippen molar-refractivity contribution in [2.45, 2.75) is 118 Å². The van der Waals surface area contributed by atoms with Gasteiger partial charge in [-0.3, -0.25) is 9.59 Å². The predicted octanol–water partition coefficient (Wildman–Crippen LogP) is 5.96. The minimum Gasteiger partial charge on any atom is -0.480 e. The predicted molar refractivity (Wildman–Crippen MR) is 147 cm³/mol. The fourth-order valence-electron chi connectivity index (χ4n) is 3.16. The van der Waals surface area contributed by atoms with Gasteiger partial charge in [0.25, 0.3) is 0 Å². The molecule has 0 aliphatic carbocycles. The summed E-state index contributed by atoms with van der Waals surface area (Å²) in [5.41, 5.74) is 3.99. The zero-order chi connectivity index (χ0) is 31.1. The maximum atomic E-state index is 12.6. The third-order valence-electron chi connectivity index (χ3n) is 6.43. The van der Waals surface area contributed by atoms with Crippen LogP contribution >= 0.6 is 0 Å². The number of hydrogen-bond donors (Lipinski definition) is 2. The van der Waals surface area contributed by atoms with Gasteiger partial charge in [0.05, 0.1) is 11.5 Å². The average Bonchev–Trinajstić information content (AvgIpc) is 2.81. The van der Waals surface area contributed by atoms with Crippen LogP contribution in [0.5, 0.6) is 11.5 Å². The number of carboxylic acid groups (broad SMARTS) is 1. The molecule has 0 heterocycles. The molecule has 0 fully saturated rings. The first-order valence-electron chi connectivity index (χ1n) is 13.4. The Morgan fingerprint density at radius 2 is 1.32 bits per heavy atom. The van der Waals surface area contributed by atoms with E-state index in [0.29, 0.717) is 18.4 Å². The molecule has 1 rings (SSSR count). The first-order chi connectivity index (χ1) is 18.2. The normalized spacial score (nSPS) is 14.4. The number of ether oxygens (including phenoxy) is 5. The van der Waals surface area contributed by atoms with Crippen LogP contribution in [0.25, 0.3) is 0 Å². The minimum atomic E-state index is -1.39. The van der Waals surface area contributed by atoms with Crippen molar-refractivity contribution in [3.63, 3.8) is 0 Å². The smallest absolute Gasteiger partial charge is 0.480 e. The highest BCUT2D eigenvalue weighted by atomic mass is 16.8. The van der Waals surface area contributed by atoms with Crippen LogP contribution in [0.2, 0.25) is 0 Å². The maximum absolute atomic E-state index is 12.6. The van der Waals surface area contributed by atoms with Gasteiger partial charge in [-0.25, -0.2) is 9.59 Å². The lowest BCUT2D eigenvalue weighted by Crippen LogP contribution is -2.39. The van der Waals surface area contributed by atoms with Gasteiger partial charge in [-0.05, 0) is 92.3 Å². The summed E-state index contributed by atoms with van der Waals surface area (Å²) < 4.78 is 27.0. The lowest BCUT2D eigenvalue weighted by atomic mass is 9.86. The summed E-state index contributed by atoms with van der Waals surface area (Å²) in [7, 11) is 0. The fraction of sp³-hybridized carbons (Fsp3) is 0.655. The Morgan fingerprint density at radius 3 is 1.75 bits per heavy atom. The fourth-order valence-corrected chi connectivity index (χ4v) is 3.16. The van der Waals surface area contributed by atoms with Crippen molar-refractivity contribution in [3.8, 4) is 11.5 Å². The molecule has 0 saturated carbocycles. The third-order valence-corrected chi connectivity index (χ3v) is 6.43. The summed E-state index contributed by atoms with van der Waals surface area (Å²) in [5, 5.41) is 9.69. The molecule has 0 aliphatic rings. The number of nitrogens with two attached hydrogens (primary N) is 1. The van der Waals surface area contributed by atoms with E-state index in [4.69, 9.17) is 29.4 Å². The van der Waals surface area contributed by atoms with E-state index in [0.717, 1.165) is 0 Å². The highest BCUT2D eigenvalue weighted by Gasteiger charge is 2.33. The Bertz CT molecular complexity index is 1060. The molecule has 0 bridgehead atoms. The van der Waals surface area contributed by atoms with Crippen LogP contribution in [0.3, 0.4) is 0 Å². The molecule has 3 atom stereocenters. The van der Waals surface area contributed by atoms with Crippen molar-refractivity contribution in [3.05, 3.63) is 23.8 Å². The first-order valence-corrected chi connectivity index (χ1v) is 13.4. The van der Waals surface area contributed by atoms with E-state index in [1.807, 2.05) is 13.8 Å². The topological polar surface area (TPSA) is 161 Å². The number of rotatable bonds is 12. The van der Waals surface area contributed by atoms with Crippen LogP contribution < -0.4 is 15.2 Å². The molecule has 1 aromatic rings. The first kappa shape index (κ1) is 34.7. The molecule has 11 nitrogen and oxygen atoms in total. The second-order valence-electron chi connectivity index (χ2n) is 12.0. The molecule has 0 spiro atoms. The SMILES string of the molecule is CCC(C)(C)OC(=O)Oc1ccc(C(CC(C)OC(=O)C(C)(C)C)[C@H](N)C(=O)O)cc1OC(=O)OC(C)(C)CC. The van der Waals surface area contributed by atoms with Gasteiger partial charge in [0, 0.05) is 5.92 Å². The van der Waals surface area contributed by atoms with E-state index in [1.165, 1.54) is 18.2 Å². The third kappa shape index (κ3) is 11.0. The van der Waals surface area contributed by atoms with E-state index in [1.54, 1.807) is 55.4 Å². The van der Waals surface area contributed by atoms with Gasteiger partial charge in [-0.1, -0.05) is 19.9 Å². The van der Waals surface area contributed by atoms with E-state index in [2.05, 4.69) is 0 Å². The number of hydrogen-bond acceptors (Lipinski definition) is 10. The summed E-state index contributed by atoms with van der Waals surface area (Å²) >= 11 is 0. The van der Waals surface area contributed by atoms with Crippen molar-refractivity contribution in [2.24, 2.45) is 11.1 Å².